The zero-order valence-corrected chi connectivity index (χ0v) is 23.5. The van der Waals surface area contributed by atoms with Crippen LogP contribution in [0, 0.1) is 0 Å². The van der Waals surface area contributed by atoms with Crippen LogP contribution in [-0.2, 0) is 17.6 Å². The minimum atomic E-state index is -0.603. The van der Waals surface area contributed by atoms with E-state index in [-0.39, 0.29) is 11.8 Å². The van der Waals surface area contributed by atoms with E-state index in [1.807, 2.05) is 55.1 Å². The van der Waals surface area contributed by atoms with Gasteiger partial charge in [-0.25, -0.2) is 0 Å². The molecule has 2 atom stereocenters. The van der Waals surface area contributed by atoms with Gasteiger partial charge in [0.05, 0.1) is 39.4 Å². The molecule has 0 saturated carbocycles. The van der Waals surface area contributed by atoms with Crippen molar-refractivity contribution >= 4 is 11.8 Å². The van der Waals surface area contributed by atoms with E-state index in [0.29, 0.717) is 66.8 Å². The van der Waals surface area contributed by atoms with E-state index in [4.69, 9.17) is 18.9 Å². The molecule has 0 saturated heterocycles. The van der Waals surface area contributed by atoms with Crippen LogP contribution in [0.3, 0.4) is 0 Å². The number of carbonyl (C=O) groups excluding carboxylic acids is 2. The van der Waals surface area contributed by atoms with Gasteiger partial charge in [-0.05, 0) is 73.2 Å². The molecule has 2 aliphatic rings. The molecule has 2 unspecified atom stereocenters. The van der Waals surface area contributed by atoms with Crippen LogP contribution in [0.25, 0.3) is 0 Å². The summed E-state index contributed by atoms with van der Waals surface area (Å²) in [4.78, 5) is 29.6. The third kappa shape index (κ3) is 5.06. The van der Waals surface area contributed by atoms with Gasteiger partial charge in [0.1, 0.15) is 0 Å². The van der Waals surface area contributed by atoms with Crippen LogP contribution in [0.5, 0.6) is 23.0 Å². The lowest BCUT2D eigenvalue weighted by molar-refractivity contribution is -0.124. The molecule has 210 valence electrons. The van der Waals surface area contributed by atoms with E-state index in [1.165, 1.54) is 0 Å². The van der Waals surface area contributed by atoms with Crippen molar-refractivity contribution < 1.29 is 28.5 Å². The molecule has 1 N–H and O–H groups in total. The monoisotopic (exact) mass is 544 g/mol. The average Bonchev–Trinajstić information content (AvgIpc) is 2.98. The smallest absolute Gasteiger partial charge is 0.254 e. The molecule has 40 heavy (non-hydrogen) atoms. The van der Waals surface area contributed by atoms with Crippen LogP contribution in [0.4, 0.5) is 0 Å². The number of fused-ring (bicyclic) bond motifs is 4. The van der Waals surface area contributed by atoms with Gasteiger partial charge in [-0.2, -0.15) is 0 Å². The minimum Gasteiger partial charge on any atom is -0.493 e. The van der Waals surface area contributed by atoms with Crippen molar-refractivity contribution in [2.75, 3.05) is 40.5 Å². The lowest BCUT2D eigenvalue weighted by Crippen LogP contribution is -2.50. The summed E-state index contributed by atoms with van der Waals surface area (Å²) >= 11 is 0. The largest absolute Gasteiger partial charge is 0.493 e. The Morgan fingerprint density at radius 3 is 2.38 bits per heavy atom. The van der Waals surface area contributed by atoms with Gasteiger partial charge in [-0.3, -0.25) is 9.59 Å². The maximum atomic E-state index is 14.0. The molecule has 3 aromatic rings. The molecular weight excluding hydrogens is 508 g/mol. The number of carbonyl (C=O) groups is 2. The third-order valence-corrected chi connectivity index (χ3v) is 7.63. The molecule has 2 aliphatic heterocycles. The fourth-order valence-corrected chi connectivity index (χ4v) is 5.82. The first-order chi connectivity index (χ1) is 19.5. The average molecular weight is 545 g/mol. The molecule has 0 fully saturated rings. The van der Waals surface area contributed by atoms with Gasteiger partial charge >= 0.3 is 0 Å². The SMILES string of the molecule is CCOc1ccc(CCNC(=O)C2c3cc(OC)c(OC)cc3C(=O)N3CCc4ccccc4C23)cc1OCC. The van der Waals surface area contributed by atoms with E-state index < -0.39 is 12.0 Å². The van der Waals surface area contributed by atoms with E-state index >= 15 is 0 Å². The van der Waals surface area contributed by atoms with E-state index in [1.54, 1.807) is 26.4 Å². The van der Waals surface area contributed by atoms with Gasteiger partial charge in [0.25, 0.3) is 5.91 Å². The first-order valence-electron chi connectivity index (χ1n) is 13.8. The van der Waals surface area contributed by atoms with Crippen molar-refractivity contribution in [3.63, 3.8) is 0 Å². The van der Waals surface area contributed by atoms with Crippen molar-refractivity contribution in [2.24, 2.45) is 0 Å². The van der Waals surface area contributed by atoms with Crippen molar-refractivity contribution in [3.8, 4) is 23.0 Å². The van der Waals surface area contributed by atoms with Gasteiger partial charge in [0.15, 0.2) is 23.0 Å². The number of nitrogens with zero attached hydrogens (tertiary/aromatic N) is 1. The first-order valence-corrected chi connectivity index (χ1v) is 13.8. The number of rotatable bonds is 10. The molecule has 3 aromatic carbocycles. The fraction of sp³-hybridized carbons (Fsp3) is 0.375. The molecule has 2 heterocycles. The maximum Gasteiger partial charge on any atom is 0.254 e. The molecule has 5 rings (SSSR count). The molecule has 0 spiro atoms. The number of amides is 2. The summed E-state index contributed by atoms with van der Waals surface area (Å²) in [7, 11) is 3.10. The van der Waals surface area contributed by atoms with E-state index in [2.05, 4.69) is 11.4 Å². The Balaban J connectivity index is 1.45. The first kappa shape index (κ1) is 27.4. The van der Waals surface area contributed by atoms with Crippen LogP contribution < -0.4 is 24.3 Å². The summed E-state index contributed by atoms with van der Waals surface area (Å²) in [5.74, 6) is 1.52. The molecule has 0 aliphatic carbocycles. The van der Waals surface area contributed by atoms with Gasteiger partial charge in [0.2, 0.25) is 5.91 Å². The Morgan fingerprint density at radius 1 is 0.900 bits per heavy atom. The van der Waals surface area contributed by atoms with Crippen molar-refractivity contribution in [1.29, 1.82) is 0 Å². The van der Waals surface area contributed by atoms with E-state index in [0.717, 1.165) is 23.1 Å². The molecule has 8 heteroatoms. The van der Waals surface area contributed by atoms with Crippen LogP contribution in [0.1, 0.15) is 58.4 Å². The number of methoxy groups -OCH3 is 2. The second-order valence-corrected chi connectivity index (χ2v) is 9.85. The third-order valence-electron chi connectivity index (χ3n) is 7.63. The molecule has 0 radical (unpaired) electrons. The Labute approximate surface area is 235 Å². The zero-order valence-electron chi connectivity index (χ0n) is 23.5. The molecule has 8 nitrogen and oxygen atoms in total. The van der Waals surface area contributed by atoms with Crippen molar-refractivity contribution in [3.05, 3.63) is 82.4 Å². The number of ether oxygens (including phenoxy) is 4. The lowest BCUT2D eigenvalue weighted by Gasteiger charge is -2.45. The van der Waals surface area contributed by atoms with Gasteiger partial charge < -0.3 is 29.2 Å². The fourth-order valence-electron chi connectivity index (χ4n) is 5.82. The topological polar surface area (TPSA) is 86.3 Å². The van der Waals surface area contributed by atoms with Crippen molar-refractivity contribution in [2.45, 2.75) is 38.6 Å². The zero-order chi connectivity index (χ0) is 28.2. The van der Waals surface area contributed by atoms with Gasteiger partial charge in [-0.1, -0.05) is 30.3 Å². The highest BCUT2D eigenvalue weighted by atomic mass is 16.5. The standard InChI is InChI=1S/C32H36N2O6/c1-5-39-25-12-11-20(17-28(25)40-6-2)13-15-33-31(35)29-23-18-26(37-3)27(38-4)19-24(23)32(36)34-16-14-21-9-7-8-10-22(21)30(29)34/h7-12,17-19,29-30H,5-6,13-16H2,1-4H3,(H,33,35). The van der Waals surface area contributed by atoms with Crippen LogP contribution >= 0.6 is 0 Å². The molecule has 2 amide bonds. The molecule has 0 bridgehead atoms. The van der Waals surface area contributed by atoms with Crippen molar-refractivity contribution in [1.82, 2.24) is 10.2 Å². The summed E-state index contributed by atoms with van der Waals surface area (Å²) in [6.45, 7) is 5.94. The number of hydrogen-bond donors (Lipinski definition) is 1. The quantitative estimate of drug-likeness (QED) is 0.398. The predicted octanol–water partition coefficient (Wildman–Crippen LogP) is 4.70. The summed E-state index contributed by atoms with van der Waals surface area (Å²) < 4.78 is 22.5. The summed E-state index contributed by atoms with van der Waals surface area (Å²) in [5.41, 5.74) is 4.33. The number of benzene rings is 3. The second kappa shape index (κ2) is 11.9. The van der Waals surface area contributed by atoms with Crippen LogP contribution in [0.15, 0.2) is 54.6 Å². The molecular formula is C32H36N2O6. The van der Waals surface area contributed by atoms with Crippen LogP contribution in [0.2, 0.25) is 0 Å². The number of hydrogen-bond acceptors (Lipinski definition) is 6. The van der Waals surface area contributed by atoms with Crippen LogP contribution in [-0.4, -0.2) is 57.2 Å². The molecule has 0 aromatic heterocycles. The van der Waals surface area contributed by atoms with Gasteiger partial charge in [0, 0.05) is 18.7 Å². The van der Waals surface area contributed by atoms with E-state index in [9.17, 15) is 9.59 Å². The van der Waals surface area contributed by atoms with Gasteiger partial charge in [-0.15, -0.1) is 0 Å². The Morgan fingerprint density at radius 2 is 1.62 bits per heavy atom. The second-order valence-electron chi connectivity index (χ2n) is 9.85. The summed E-state index contributed by atoms with van der Waals surface area (Å²) in [5, 5.41) is 3.16. The summed E-state index contributed by atoms with van der Waals surface area (Å²) in [6, 6.07) is 17.0. The highest BCUT2D eigenvalue weighted by Gasteiger charge is 2.46. The summed E-state index contributed by atoms with van der Waals surface area (Å²) in [6.07, 6.45) is 1.36. The Kier molecular flexibility index (Phi) is 8.14. The Hall–Kier alpha value is -4.20. The normalized spacial score (nSPS) is 17.3. The minimum absolute atomic E-state index is 0.0997. The number of nitrogens with one attached hydrogen (secondary N) is 1. The maximum absolute atomic E-state index is 14.0. The highest BCUT2D eigenvalue weighted by Crippen LogP contribution is 2.48. The predicted molar refractivity (Wildman–Crippen MR) is 152 cm³/mol. The Bertz CT molecular complexity index is 1400. The lowest BCUT2D eigenvalue weighted by atomic mass is 9.75. The highest BCUT2D eigenvalue weighted by molar-refractivity contribution is 6.02.